The van der Waals surface area contributed by atoms with E-state index in [1.165, 1.54) is 19.2 Å². The zero-order chi connectivity index (χ0) is 11.5. The maximum Gasteiger partial charge on any atom is 0.195 e. The van der Waals surface area contributed by atoms with Crippen molar-refractivity contribution in [2.24, 2.45) is 0 Å². The highest BCUT2D eigenvalue weighted by Gasteiger charge is 2.22. The van der Waals surface area contributed by atoms with E-state index in [0.29, 0.717) is 11.3 Å². The average Bonchev–Trinajstić information content (AvgIpc) is 2.81. The Balaban J connectivity index is 2.42. The summed E-state index contributed by atoms with van der Waals surface area (Å²) < 4.78 is 18.6. The van der Waals surface area contributed by atoms with Gasteiger partial charge in [-0.15, -0.1) is 0 Å². The lowest BCUT2D eigenvalue weighted by Gasteiger charge is -2.08. The van der Waals surface area contributed by atoms with Gasteiger partial charge in [0.15, 0.2) is 5.78 Å². The molecule has 0 unspecified atom stereocenters. The number of ether oxygens (including phenoxy) is 1. The first-order valence-corrected chi connectivity index (χ1v) is 5.30. The van der Waals surface area contributed by atoms with Gasteiger partial charge in [-0.3, -0.25) is 4.79 Å². The van der Waals surface area contributed by atoms with E-state index < -0.39 is 5.82 Å². The molecule has 0 aromatic heterocycles. The summed E-state index contributed by atoms with van der Waals surface area (Å²) in [4.78, 5) is 12.1. The van der Waals surface area contributed by atoms with Gasteiger partial charge in [-0.05, 0) is 37.0 Å². The van der Waals surface area contributed by atoms with Crippen LogP contribution < -0.4 is 4.74 Å². The molecular weight excluding hydrogens is 207 g/mol. The molecular formula is C13H13FO2. The molecule has 0 saturated heterocycles. The molecule has 0 heterocycles. The topological polar surface area (TPSA) is 26.3 Å². The highest BCUT2D eigenvalue weighted by Crippen LogP contribution is 2.28. The predicted octanol–water partition coefficient (Wildman–Crippen LogP) is 3.13. The van der Waals surface area contributed by atoms with Crippen LogP contribution in [0.25, 0.3) is 0 Å². The molecule has 0 saturated carbocycles. The summed E-state index contributed by atoms with van der Waals surface area (Å²) in [6.45, 7) is 0. The Morgan fingerprint density at radius 2 is 2.25 bits per heavy atom. The molecule has 1 aromatic carbocycles. The number of halogens is 1. The Hall–Kier alpha value is -1.64. The molecule has 1 aromatic rings. The maximum absolute atomic E-state index is 13.6. The lowest BCUT2D eigenvalue weighted by atomic mass is 10.0. The van der Waals surface area contributed by atoms with Crippen LogP contribution in [0.3, 0.4) is 0 Å². The first kappa shape index (κ1) is 10.9. The minimum atomic E-state index is -0.517. The molecule has 3 heteroatoms. The van der Waals surface area contributed by atoms with Gasteiger partial charge in [0.1, 0.15) is 11.6 Å². The molecule has 2 rings (SSSR count). The zero-order valence-corrected chi connectivity index (χ0v) is 9.13. The molecule has 0 N–H and O–H groups in total. The molecule has 0 bridgehead atoms. The van der Waals surface area contributed by atoms with Crippen molar-refractivity contribution in [1.82, 2.24) is 0 Å². The number of ketones is 1. The summed E-state index contributed by atoms with van der Waals surface area (Å²) in [7, 11) is 1.44. The molecule has 16 heavy (non-hydrogen) atoms. The van der Waals surface area contributed by atoms with E-state index in [-0.39, 0.29) is 11.3 Å². The van der Waals surface area contributed by atoms with Crippen LogP contribution >= 0.6 is 0 Å². The predicted molar refractivity (Wildman–Crippen MR) is 59.2 cm³/mol. The van der Waals surface area contributed by atoms with E-state index in [1.54, 1.807) is 6.07 Å². The van der Waals surface area contributed by atoms with Gasteiger partial charge < -0.3 is 4.74 Å². The summed E-state index contributed by atoms with van der Waals surface area (Å²) in [6, 6.07) is 4.42. The maximum atomic E-state index is 13.6. The lowest BCUT2D eigenvalue weighted by molar-refractivity contribution is 0.102. The second-order valence-corrected chi connectivity index (χ2v) is 3.77. The van der Waals surface area contributed by atoms with Crippen molar-refractivity contribution >= 4 is 5.78 Å². The highest BCUT2D eigenvalue weighted by atomic mass is 19.1. The van der Waals surface area contributed by atoms with Crippen LogP contribution in [0.4, 0.5) is 4.39 Å². The first-order valence-electron chi connectivity index (χ1n) is 5.30. The molecule has 1 aliphatic carbocycles. The molecule has 1 aliphatic rings. The van der Waals surface area contributed by atoms with E-state index in [0.717, 1.165) is 19.3 Å². The molecule has 2 nitrogen and oxygen atoms in total. The van der Waals surface area contributed by atoms with Gasteiger partial charge in [-0.1, -0.05) is 12.1 Å². The molecule has 0 radical (unpaired) electrons. The quantitative estimate of drug-likeness (QED) is 0.731. The third-order valence-electron chi connectivity index (χ3n) is 2.75. The van der Waals surface area contributed by atoms with Gasteiger partial charge in [0.25, 0.3) is 0 Å². The SMILES string of the molecule is COc1cccc(F)c1C(=O)C1=CCCC1. The Bertz CT molecular complexity index is 449. The lowest BCUT2D eigenvalue weighted by Crippen LogP contribution is -2.07. The van der Waals surface area contributed by atoms with Crippen LogP contribution in [0.1, 0.15) is 29.6 Å². The van der Waals surface area contributed by atoms with Crippen molar-refractivity contribution < 1.29 is 13.9 Å². The van der Waals surface area contributed by atoms with E-state index in [2.05, 4.69) is 0 Å². The van der Waals surface area contributed by atoms with Gasteiger partial charge in [0, 0.05) is 0 Å². The Morgan fingerprint density at radius 3 is 2.88 bits per heavy atom. The largest absolute Gasteiger partial charge is 0.496 e. The number of benzene rings is 1. The van der Waals surface area contributed by atoms with Crippen molar-refractivity contribution in [3.63, 3.8) is 0 Å². The van der Waals surface area contributed by atoms with Crippen LogP contribution in [0.5, 0.6) is 5.75 Å². The van der Waals surface area contributed by atoms with Crippen LogP contribution in [0.2, 0.25) is 0 Å². The average molecular weight is 220 g/mol. The fraction of sp³-hybridized carbons (Fsp3) is 0.308. The minimum absolute atomic E-state index is 0.0538. The monoisotopic (exact) mass is 220 g/mol. The minimum Gasteiger partial charge on any atom is -0.496 e. The van der Waals surface area contributed by atoms with Crippen molar-refractivity contribution in [1.29, 1.82) is 0 Å². The number of hydrogen-bond donors (Lipinski definition) is 0. The summed E-state index contributed by atoms with van der Waals surface area (Å²) in [6.07, 6.45) is 4.49. The van der Waals surface area contributed by atoms with Crippen LogP contribution in [0, 0.1) is 5.82 Å². The third-order valence-corrected chi connectivity index (χ3v) is 2.75. The normalized spacial score (nSPS) is 14.8. The summed E-state index contributed by atoms with van der Waals surface area (Å²) in [5.41, 5.74) is 0.751. The van der Waals surface area contributed by atoms with Gasteiger partial charge in [0.05, 0.1) is 12.7 Å². The van der Waals surface area contributed by atoms with Gasteiger partial charge in [-0.2, -0.15) is 0 Å². The summed E-state index contributed by atoms with van der Waals surface area (Å²) >= 11 is 0. The molecule has 0 spiro atoms. The van der Waals surface area contributed by atoms with E-state index in [1.807, 2.05) is 6.08 Å². The number of hydrogen-bond acceptors (Lipinski definition) is 2. The number of carbonyl (C=O) groups is 1. The number of carbonyl (C=O) groups excluding carboxylic acids is 1. The molecule has 0 amide bonds. The number of methoxy groups -OCH3 is 1. The van der Waals surface area contributed by atoms with E-state index >= 15 is 0 Å². The molecule has 84 valence electrons. The fourth-order valence-corrected chi connectivity index (χ4v) is 1.93. The number of rotatable bonds is 3. The smallest absolute Gasteiger partial charge is 0.195 e. The summed E-state index contributed by atoms with van der Waals surface area (Å²) in [5.74, 6) is -0.456. The Kier molecular flexibility index (Phi) is 3.04. The van der Waals surface area contributed by atoms with Gasteiger partial charge in [0.2, 0.25) is 0 Å². The van der Waals surface area contributed by atoms with Gasteiger partial charge in [-0.25, -0.2) is 4.39 Å². The second-order valence-electron chi connectivity index (χ2n) is 3.77. The standard InChI is InChI=1S/C13H13FO2/c1-16-11-8-4-7-10(14)12(11)13(15)9-5-2-3-6-9/h4-5,7-8H,2-3,6H2,1H3. The van der Waals surface area contributed by atoms with E-state index in [4.69, 9.17) is 4.74 Å². The number of allylic oxidation sites excluding steroid dienone is 2. The molecule has 0 aliphatic heterocycles. The zero-order valence-electron chi connectivity index (χ0n) is 9.13. The molecule has 0 atom stereocenters. The van der Waals surface area contributed by atoms with Crippen LogP contribution in [0.15, 0.2) is 29.8 Å². The van der Waals surface area contributed by atoms with Crippen molar-refractivity contribution in [3.05, 3.63) is 41.2 Å². The van der Waals surface area contributed by atoms with Crippen LogP contribution in [-0.2, 0) is 0 Å². The fourth-order valence-electron chi connectivity index (χ4n) is 1.93. The van der Waals surface area contributed by atoms with Gasteiger partial charge >= 0.3 is 0 Å². The number of Topliss-reactive ketones (excluding diaryl/α,β-unsaturated/α-hetero) is 1. The van der Waals surface area contributed by atoms with Crippen molar-refractivity contribution in [3.8, 4) is 5.75 Å². The third kappa shape index (κ3) is 1.85. The Labute approximate surface area is 93.7 Å². The highest BCUT2D eigenvalue weighted by molar-refractivity contribution is 6.10. The van der Waals surface area contributed by atoms with E-state index in [9.17, 15) is 9.18 Å². The Morgan fingerprint density at radius 1 is 1.44 bits per heavy atom. The van der Waals surface area contributed by atoms with Crippen molar-refractivity contribution in [2.75, 3.05) is 7.11 Å². The van der Waals surface area contributed by atoms with Crippen molar-refractivity contribution in [2.45, 2.75) is 19.3 Å². The second kappa shape index (κ2) is 4.47. The molecule has 0 fully saturated rings. The van der Waals surface area contributed by atoms with Crippen LogP contribution in [-0.4, -0.2) is 12.9 Å². The summed E-state index contributed by atoms with van der Waals surface area (Å²) in [5, 5.41) is 0. The first-order chi connectivity index (χ1) is 7.74.